The maximum absolute atomic E-state index is 11.8. The number of unbranched alkanes of at least 4 members (excludes halogenated alkanes) is 1. The summed E-state index contributed by atoms with van der Waals surface area (Å²) in [4.78, 5) is 26.1. The number of carbonyl (C=O) groups is 2. The molecule has 0 aromatic carbocycles. The molecule has 0 radical (unpaired) electrons. The summed E-state index contributed by atoms with van der Waals surface area (Å²) in [6.07, 6.45) is 0.870. The molecule has 1 heterocycles. The molecule has 1 rings (SSSR count). The molecule has 1 N–H and O–H groups in total. The first kappa shape index (κ1) is 14.0. The molecule has 18 heavy (non-hydrogen) atoms. The van der Waals surface area contributed by atoms with Crippen LogP contribution in [0.2, 0.25) is 0 Å². The number of hydrogen-bond acceptors (Lipinski definition) is 4. The maximum atomic E-state index is 11.8. The Kier molecular flexibility index (Phi) is 4.67. The van der Waals surface area contributed by atoms with E-state index in [2.05, 4.69) is 4.98 Å². The number of esters is 1. The van der Waals surface area contributed by atoms with Crippen LogP contribution in [0.15, 0.2) is 0 Å². The Labute approximate surface area is 106 Å². The van der Waals surface area contributed by atoms with Crippen LogP contribution in [0.1, 0.15) is 51.9 Å². The summed E-state index contributed by atoms with van der Waals surface area (Å²) in [5, 5.41) is 8.36. The van der Waals surface area contributed by atoms with Crippen LogP contribution in [-0.4, -0.2) is 23.3 Å². The molecule has 0 fully saturated rings. The SMILES string of the molecule is CC(=O)c1c(C)[nH]c(C(=O)OCCCC#N)c1C. The van der Waals surface area contributed by atoms with Gasteiger partial charge in [0.2, 0.25) is 0 Å². The normalized spacial score (nSPS) is 9.89. The quantitative estimate of drug-likeness (QED) is 0.492. The number of nitrogens with one attached hydrogen (secondary N) is 1. The molecule has 1 aromatic rings. The molecule has 96 valence electrons. The smallest absolute Gasteiger partial charge is 0.355 e. The van der Waals surface area contributed by atoms with Gasteiger partial charge in [-0.1, -0.05) is 0 Å². The van der Waals surface area contributed by atoms with Gasteiger partial charge in [-0.15, -0.1) is 0 Å². The number of ketones is 1. The monoisotopic (exact) mass is 248 g/mol. The molecular weight excluding hydrogens is 232 g/mol. The maximum Gasteiger partial charge on any atom is 0.355 e. The van der Waals surface area contributed by atoms with Crippen LogP contribution >= 0.6 is 0 Å². The molecular formula is C13H16N2O3. The van der Waals surface area contributed by atoms with Gasteiger partial charge >= 0.3 is 5.97 Å². The lowest BCUT2D eigenvalue weighted by molar-refractivity contribution is 0.0494. The molecule has 0 aliphatic rings. The second-order valence-electron chi connectivity index (χ2n) is 4.08. The van der Waals surface area contributed by atoms with E-state index in [4.69, 9.17) is 10.00 Å². The van der Waals surface area contributed by atoms with Crippen molar-refractivity contribution in [3.63, 3.8) is 0 Å². The van der Waals surface area contributed by atoms with Gasteiger partial charge < -0.3 is 9.72 Å². The Hall–Kier alpha value is -2.09. The van der Waals surface area contributed by atoms with Crippen molar-refractivity contribution in [3.05, 3.63) is 22.5 Å². The third kappa shape index (κ3) is 2.98. The largest absolute Gasteiger partial charge is 0.461 e. The average Bonchev–Trinajstić information content (AvgIpc) is 2.60. The summed E-state index contributed by atoms with van der Waals surface area (Å²) in [6.45, 7) is 5.13. The van der Waals surface area contributed by atoms with Gasteiger partial charge in [-0.05, 0) is 32.8 Å². The number of aromatic nitrogens is 1. The van der Waals surface area contributed by atoms with Crippen molar-refractivity contribution in [1.29, 1.82) is 5.26 Å². The molecule has 0 spiro atoms. The Morgan fingerprint density at radius 3 is 2.56 bits per heavy atom. The van der Waals surface area contributed by atoms with E-state index in [1.807, 2.05) is 6.07 Å². The van der Waals surface area contributed by atoms with Gasteiger partial charge in [-0.3, -0.25) is 4.79 Å². The predicted octanol–water partition coefficient (Wildman–Crippen LogP) is 2.29. The topological polar surface area (TPSA) is 82.9 Å². The van der Waals surface area contributed by atoms with Crippen molar-refractivity contribution >= 4 is 11.8 Å². The van der Waals surface area contributed by atoms with Crippen molar-refractivity contribution < 1.29 is 14.3 Å². The van der Waals surface area contributed by atoms with Gasteiger partial charge in [0.1, 0.15) is 5.69 Å². The number of rotatable bonds is 5. The van der Waals surface area contributed by atoms with E-state index in [0.29, 0.717) is 35.4 Å². The molecule has 5 nitrogen and oxygen atoms in total. The minimum Gasteiger partial charge on any atom is -0.461 e. The number of aryl methyl sites for hydroxylation is 1. The lowest BCUT2D eigenvalue weighted by Gasteiger charge is -2.02. The molecule has 5 heteroatoms. The number of nitrogens with zero attached hydrogens (tertiary/aromatic N) is 1. The van der Waals surface area contributed by atoms with Crippen LogP contribution in [0.5, 0.6) is 0 Å². The zero-order valence-electron chi connectivity index (χ0n) is 10.8. The molecule has 0 unspecified atom stereocenters. The van der Waals surface area contributed by atoms with E-state index in [-0.39, 0.29) is 12.4 Å². The van der Waals surface area contributed by atoms with E-state index in [1.165, 1.54) is 6.92 Å². The van der Waals surface area contributed by atoms with Crippen LogP contribution in [0.4, 0.5) is 0 Å². The average molecular weight is 248 g/mol. The minimum absolute atomic E-state index is 0.0789. The van der Waals surface area contributed by atoms with Crippen molar-refractivity contribution in [2.75, 3.05) is 6.61 Å². The second kappa shape index (κ2) is 6.01. The van der Waals surface area contributed by atoms with Crippen molar-refractivity contribution in [2.24, 2.45) is 0 Å². The van der Waals surface area contributed by atoms with E-state index < -0.39 is 5.97 Å². The van der Waals surface area contributed by atoms with E-state index >= 15 is 0 Å². The summed E-state index contributed by atoms with van der Waals surface area (Å²) in [5.74, 6) is -0.564. The van der Waals surface area contributed by atoms with Gasteiger partial charge in [0.05, 0.1) is 12.7 Å². The van der Waals surface area contributed by atoms with E-state index in [9.17, 15) is 9.59 Å². The summed E-state index contributed by atoms with van der Waals surface area (Å²) >= 11 is 0. The number of hydrogen-bond donors (Lipinski definition) is 1. The first-order chi connectivity index (χ1) is 8.49. The van der Waals surface area contributed by atoms with Gasteiger partial charge in [-0.2, -0.15) is 5.26 Å². The molecule has 0 atom stereocenters. The fourth-order valence-corrected chi connectivity index (χ4v) is 1.87. The van der Waals surface area contributed by atoms with E-state index in [1.54, 1.807) is 13.8 Å². The molecule has 0 saturated heterocycles. The number of H-pyrrole nitrogens is 1. The molecule has 0 bridgehead atoms. The summed E-state index contributed by atoms with van der Waals surface area (Å²) < 4.78 is 5.03. The molecule has 0 amide bonds. The molecule has 1 aromatic heterocycles. The van der Waals surface area contributed by atoms with Crippen LogP contribution in [-0.2, 0) is 4.74 Å². The van der Waals surface area contributed by atoms with Crippen molar-refractivity contribution in [2.45, 2.75) is 33.6 Å². The van der Waals surface area contributed by atoms with Gasteiger partial charge in [0.15, 0.2) is 5.78 Å². The van der Waals surface area contributed by atoms with Gasteiger partial charge in [-0.25, -0.2) is 4.79 Å². The third-order valence-corrected chi connectivity index (χ3v) is 2.66. The highest BCUT2D eigenvalue weighted by molar-refractivity contribution is 6.01. The highest BCUT2D eigenvalue weighted by atomic mass is 16.5. The van der Waals surface area contributed by atoms with Gasteiger partial charge in [0.25, 0.3) is 0 Å². The first-order valence-electron chi connectivity index (χ1n) is 5.73. The van der Waals surface area contributed by atoms with Crippen LogP contribution in [0.3, 0.4) is 0 Å². The molecule has 0 aliphatic carbocycles. The first-order valence-corrected chi connectivity index (χ1v) is 5.73. The third-order valence-electron chi connectivity index (χ3n) is 2.66. The van der Waals surface area contributed by atoms with Gasteiger partial charge in [0, 0.05) is 17.7 Å². The fourth-order valence-electron chi connectivity index (χ4n) is 1.87. The van der Waals surface area contributed by atoms with Crippen LogP contribution < -0.4 is 0 Å². The highest BCUT2D eigenvalue weighted by Gasteiger charge is 2.20. The number of Topliss-reactive ketones (excluding diaryl/α,β-unsaturated/α-hetero) is 1. The minimum atomic E-state index is -0.485. The zero-order chi connectivity index (χ0) is 13.7. The van der Waals surface area contributed by atoms with E-state index in [0.717, 1.165) is 0 Å². The van der Waals surface area contributed by atoms with Crippen LogP contribution in [0, 0.1) is 25.2 Å². The summed E-state index contributed by atoms with van der Waals surface area (Å²) in [5.41, 5.74) is 2.14. The lowest BCUT2D eigenvalue weighted by atomic mass is 10.1. The Morgan fingerprint density at radius 1 is 1.39 bits per heavy atom. The standard InChI is InChI=1S/C13H16N2O3/c1-8-11(10(3)16)9(2)15-12(8)13(17)18-7-5-4-6-14/h15H,4-5,7H2,1-3H3. The second-order valence-corrected chi connectivity index (χ2v) is 4.08. The number of carbonyl (C=O) groups excluding carboxylic acids is 2. The highest BCUT2D eigenvalue weighted by Crippen LogP contribution is 2.19. The van der Waals surface area contributed by atoms with Crippen molar-refractivity contribution in [1.82, 2.24) is 4.98 Å². The predicted molar refractivity (Wildman–Crippen MR) is 65.4 cm³/mol. The van der Waals surface area contributed by atoms with Crippen LogP contribution in [0.25, 0.3) is 0 Å². The molecule has 0 saturated carbocycles. The summed E-state index contributed by atoms with van der Waals surface area (Å²) in [6, 6.07) is 1.98. The fraction of sp³-hybridized carbons (Fsp3) is 0.462. The van der Waals surface area contributed by atoms with Crippen molar-refractivity contribution in [3.8, 4) is 6.07 Å². The number of ether oxygens (including phenoxy) is 1. The Morgan fingerprint density at radius 2 is 2.06 bits per heavy atom. The zero-order valence-corrected chi connectivity index (χ0v) is 10.8. The molecule has 0 aliphatic heterocycles. The number of nitriles is 1. The number of aromatic amines is 1. The Balaban J connectivity index is 2.79. The Bertz CT molecular complexity index is 509. The summed E-state index contributed by atoms with van der Waals surface area (Å²) in [7, 11) is 0. The lowest BCUT2D eigenvalue weighted by Crippen LogP contribution is -2.08.